The molecule has 0 radical (unpaired) electrons. The van der Waals surface area contributed by atoms with Gasteiger partial charge in [0, 0.05) is 34.6 Å². The van der Waals surface area contributed by atoms with E-state index in [2.05, 4.69) is 136 Å². The minimum absolute atomic E-state index is 0.837. The molecule has 4 nitrogen and oxygen atoms in total. The highest BCUT2D eigenvalue weighted by molar-refractivity contribution is 5.98. The minimum Gasteiger partial charge on any atom is -0.256 e. The molecule has 0 bridgehead atoms. The molecule has 0 atom stereocenters. The van der Waals surface area contributed by atoms with Gasteiger partial charge in [-0.2, -0.15) is 0 Å². The number of rotatable bonds is 6. The Kier molecular flexibility index (Phi) is 8.52. The van der Waals surface area contributed by atoms with Crippen molar-refractivity contribution in [2.45, 2.75) is 41.5 Å². The van der Waals surface area contributed by atoms with Gasteiger partial charge in [-0.05, 0) is 122 Å². The van der Waals surface area contributed by atoms with Crippen molar-refractivity contribution in [1.29, 1.82) is 0 Å². The summed E-state index contributed by atoms with van der Waals surface area (Å²) in [5.41, 5.74) is 21.8. The van der Waals surface area contributed by atoms with E-state index in [1.807, 2.05) is 48.8 Å². The maximum Gasteiger partial charge on any atom is 0.0973 e. The van der Waals surface area contributed by atoms with E-state index in [0.717, 1.165) is 56.1 Å². The summed E-state index contributed by atoms with van der Waals surface area (Å²) in [6.07, 6.45) is 3.65. The molecule has 0 aliphatic heterocycles. The third kappa shape index (κ3) is 6.18. The van der Waals surface area contributed by atoms with E-state index >= 15 is 0 Å². The molecule has 0 amide bonds. The van der Waals surface area contributed by atoms with E-state index in [-0.39, 0.29) is 0 Å². The highest BCUT2D eigenvalue weighted by Gasteiger charge is 2.21. The SMILES string of the molecule is Cc1cc(C)c(-c2cc3nc(-c4ccc(-c5ccccn5)cc4)c(-c4ccc(-c5ccccn5)cc4)nc3cc2-c2c(C)cc(C)cc2C)c(C)c1. The van der Waals surface area contributed by atoms with Crippen LogP contribution in [0.1, 0.15) is 33.4 Å². The van der Waals surface area contributed by atoms with Gasteiger partial charge >= 0.3 is 0 Å². The lowest BCUT2D eigenvalue weighted by Gasteiger charge is -2.21. The first-order valence-electron chi connectivity index (χ1n) is 17.8. The Morgan fingerprint density at radius 1 is 0.365 bits per heavy atom. The maximum atomic E-state index is 5.47. The standard InChI is InChI=1S/C48H40N4/c1-29-23-31(3)45(32(4)24-29)39-27-43-44(28-40(39)46-33(5)25-30(2)26-34(46)6)52-48(38-19-15-36(16-20-38)42-12-8-10-22-50-42)47(51-43)37-17-13-35(14-18-37)41-11-7-9-21-49-41/h7-28H,1-6H3. The zero-order valence-corrected chi connectivity index (χ0v) is 30.5. The molecule has 0 aliphatic rings. The van der Waals surface area contributed by atoms with Gasteiger partial charge in [-0.3, -0.25) is 9.97 Å². The molecule has 8 rings (SSSR count). The first kappa shape index (κ1) is 32.9. The summed E-state index contributed by atoms with van der Waals surface area (Å²) in [5.74, 6) is 0. The van der Waals surface area contributed by atoms with Crippen LogP contribution in [-0.2, 0) is 0 Å². The van der Waals surface area contributed by atoms with Gasteiger partial charge in [-0.1, -0.05) is 96.1 Å². The zero-order valence-electron chi connectivity index (χ0n) is 30.5. The molecular weight excluding hydrogens is 633 g/mol. The monoisotopic (exact) mass is 672 g/mol. The third-order valence-corrected chi connectivity index (χ3v) is 9.93. The topological polar surface area (TPSA) is 51.6 Å². The average molecular weight is 673 g/mol. The van der Waals surface area contributed by atoms with Crippen LogP contribution in [0.5, 0.6) is 0 Å². The number of nitrogens with zero attached hydrogens (tertiary/aromatic N) is 4. The molecule has 0 saturated carbocycles. The van der Waals surface area contributed by atoms with Crippen LogP contribution in [0.25, 0.3) is 78.3 Å². The fourth-order valence-electron chi connectivity index (χ4n) is 7.79. The Morgan fingerprint density at radius 2 is 0.712 bits per heavy atom. The van der Waals surface area contributed by atoms with Crippen LogP contribution in [0, 0.1) is 41.5 Å². The first-order chi connectivity index (χ1) is 25.2. The summed E-state index contributed by atoms with van der Waals surface area (Å²) >= 11 is 0. The summed E-state index contributed by atoms with van der Waals surface area (Å²) in [7, 11) is 0. The van der Waals surface area contributed by atoms with Gasteiger partial charge in [0.1, 0.15) is 0 Å². The van der Waals surface area contributed by atoms with Crippen molar-refractivity contribution in [3.05, 3.63) is 167 Å². The number of aryl methyl sites for hydroxylation is 6. The van der Waals surface area contributed by atoms with Crippen molar-refractivity contribution in [3.63, 3.8) is 0 Å². The quantitative estimate of drug-likeness (QED) is 0.176. The first-order valence-corrected chi connectivity index (χ1v) is 17.8. The Hall–Kier alpha value is -6.26. The summed E-state index contributed by atoms with van der Waals surface area (Å²) in [6.45, 7) is 13.2. The van der Waals surface area contributed by atoms with Gasteiger partial charge in [0.15, 0.2) is 0 Å². The Balaban J connectivity index is 1.39. The van der Waals surface area contributed by atoms with E-state index in [0.29, 0.717) is 0 Å². The second-order valence-corrected chi connectivity index (χ2v) is 13.9. The van der Waals surface area contributed by atoms with Gasteiger partial charge in [-0.25, -0.2) is 9.97 Å². The highest BCUT2D eigenvalue weighted by Crippen LogP contribution is 2.42. The second kappa shape index (κ2) is 13.5. The van der Waals surface area contributed by atoms with Gasteiger partial charge in [-0.15, -0.1) is 0 Å². The molecule has 5 aromatic carbocycles. The van der Waals surface area contributed by atoms with E-state index in [1.165, 1.54) is 55.6 Å². The van der Waals surface area contributed by atoms with Gasteiger partial charge < -0.3 is 0 Å². The van der Waals surface area contributed by atoms with Gasteiger partial charge in [0.25, 0.3) is 0 Å². The van der Waals surface area contributed by atoms with Crippen LogP contribution >= 0.6 is 0 Å². The van der Waals surface area contributed by atoms with E-state index in [1.54, 1.807) is 0 Å². The number of hydrogen-bond donors (Lipinski definition) is 0. The number of pyridine rings is 2. The van der Waals surface area contributed by atoms with Crippen LogP contribution in [0.3, 0.4) is 0 Å². The van der Waals surface area contributed by atoms with Crippen LogP contribution in [-0.4, -0.2) is 19.9 Å². The third-order valence-electron chi connectivity index (χ3n) is 9.93. The molecule has 0 fully saturated rings. The molecule has 8 aromatic rings. The summed E-state index contributed by atoms with van der Waals surface area (Å²) in [6, 6.07) is 42.6. The summed E-state index contributed by atoms with van der Waals surface area (Å²) < 4.78 is 0. The number of aromatic nitrogens is 4. The molecule has 3 heterocycles. The fourth-order valence-corrected chi connectivity index (χ4v) is 7.79. The molecule has 3 aromatic heterocycles. The highest BCUT2D eigenvalue weighted by atomic mass is 14.8. The fraction of sp³-hybridized carbons (Fsp3) is 0.125. The molecule has 0 spiro atoms. The Morgan fingerprint density at radius 3 is 1.04 bits per heavy atom. The predicted molar refractivity (Wildman–Crippen MR) is 216 cm³/mol. The van der Waals surface area contributed by atoms with E-state index in [9.17, 15) is 0 Å². The predicted octanol–water partition coefficient (Wildman–Crippen LogP) is 12.3. The summed E-state index contributed by atoms with van der Waals surface area (Å²) in [5, 5.41) is 0. The number of hydrogen-bond acceptors (Lipinski definition) is 4. The number of benzene rings is 5. The molecule has 0 N–H and O–H groups in total. The maximum absolute atomic E-state index is 5.47. The van der Waals surface area contributed by atoms with Gasteiger partial charge in [0.05, 0.1) is 33.8 Å². The smallest absolute Gasteiger partial charge is 0.0973 e. The molecule has 0 unspecified atom stereocenters. The van der Waals surface area contributed by atoms with Crippen LogP contribution in [0.2, 0.25) is 0 Å². The zero-order chi connectivity index (χ0) is 35.9. The van der Waals surface area contributed by atoms with E-state index < -0.39 is 0 Å². The van der Waals surface area contributed by atoms with Gasteiger partial charge in [0.2, 0.25) is 0 Å². The normalized spacial score (nSPS) is 11.3. The van der Waals surface area contributed by atoms with Crippen LogP contribution in [0.4, 0.5) is 0 Å². The van der Waals surface area contributed by atoms with Crippen LogP contribution < -0.4 is 0 Å². The minimum atomic E-state index is 0.837. The van der Waals surface area contributed by atoms with Crippen LogP contribution in [0.15, 0.2) is 134 Å². The van der Waals surface area contributed by atoms with Crippen molar-refractivity contribution in [2.24, 2.45) is 0 Å². The largest absolute Gasteiger partial charge is 0.256 e. The van der Waals surface area contributed by atoms with Crippen molar-refractivity contribution in [1.82, 2.24) is 19.9 Å². The second-order valence-electron chi connectivity index (χ2n) is 13.9. The molecule has 0 aliphatic carbocycles. The molecule has 4 heteroatoms. The number of fused-ring (bicyclic) bond motifs is 1. The van der Waals surface area contributed by atoms with Crippen molar-refractivity contribution in [2.75, 3.05) is 0 Å². The Labute approximate surface area is 306 Å². The molecule has 52 heavy (non-hydrogen) atoms. The molecule has 252 valence electrons. The lowest BCUT2D eigenvalue weighted by molar-refractivity contribution is 1.28. The summed E-state index contributed by atoms with van der Waals surface area (Å²) in [4.78, 5) is 20.1. The molecule has 0 saturated heterocycles. The lowest BCUT2D eigenvalue weighted by atomic mass is 9.85. The van der Waals surface area contributed by atoms with E-state index in [4.69, 9.17) is 9.97 Å². The van der Waals surface area contributed by atoms with Crippen molar-refractivity contribution in [3.8, 4) is 67.3 Å². The lowest BCUT2D eigenvalue weighted by Crippen LogP contribution is -2.00. The average Bonchev–Trinajstić information content (AvgIpc) is 3.14. The molecular formula is C48H40N4. The van der Waals surface area contributed by atoms with Crippen molar-refractivity contribution < 1.29 is 0 Å². The Bertz CT molecular complexity index is 2360. The van der Waals surface area contributed by atoms with Crippen molar-refractivity contribution >= 4 is 11.0 Å².